The van der Waals surface area contributed by atoms with Crippen LogP contribution in [0.1, 0.15) is 6.92 Å². The van der Waals surface area contributed by atoms with Crippen molar-refractivity contribution in [3.63, 3.8) is 0 Å². The van der Waals surface area contributed by atoms with Gasteiger partial charge in [-0.25, -0.2) is 9.78 Å². The van der Waals surface area contributed by atoms with Crippen LogP contribution in [0.25, 0.3) is 0 Å². The van der Waals surface area contributed by atoms with E-state index in [0.717, 1.165) is 0 Å². The number of urea groups is 1. The van der Waals surface area contributed by atoms with Gasteiger partial charge < -0.3 is 9.88 Å². The van der Waals surface area contributed by atoms with Gasteiger partial charge in [-0.2, -0.15) is 0 Å². The maximum Gasteiger partial charge on any atom is 0.321 e. The third kappa shape index (κ3) is 4.31. The quantitative estimate of drug-likeness (QED) is 0.750. The summed E-state index contributed by atoms with van der Waals surface area (Å²) in [7, 11) is 0. The van der Waals surface area contributed by atoms with Crippen LogP contribution < -0.4 is 10.6 Å². The minimum Gasteiger partial charge on any atom is -0.336 e. The molecule has 0 saturated carbocycles. The van der Waals surface area contributed by atoms with Gasteiger partial charge in [-0.3, -0.25) is 10.1 Å². The van der Waals surface area contributed by atoms with Crippen molar-refractivity contribution < 1.29 is 9.59 Å². The zero-order valence-corrected chi connectivity index (χ0v) is 9.57. The van der Waals surface area contributed by atoms with Crippen LogP contribution in [0.3, 0.4) is 0 Å². The van der Waals surface area contributed by atoms with Crippen LogP contribution >= 0.6 is 11.6 Å². The lowest BCUT2D eigenvalue weighted by Gasteiger charge is -2.07. The van der Waals surface area contributed by atoms with E-state index in [1.807, 2.05) is 4.57 Å². The number of hydrogen-bond acceptors (Lipinski definition) is 3. The highest BCUT2D eigenvalue weighted by Crippen LogP contribution is 1.91. The Kier molecular flexibility index (Phi) is 4.78. The van der Waals surface area contributed by atoms with Crippen LogP contribution in [0.5, 0.6) is 0 Å². The third-order valence-corrected chi connectivity index (χ3v) is 2.01. The molecule has 0 saturated heterocycles. The Labute approximate surface area is 98.0 Å². The van der Waals surface area contributed by atoms with Gasteiger partial charge in [-0.1, -0.05) is 0 Å². The number of hydrogen-bond donors (Lipinski definition) is 2. The van der Waals surface area contributed by atoms with Gasteiger partial charge in [0.1, 0.15) is 5.38 Å². The molecule has 3 amide bonds. The molecule has 1 unspecified atom stereocenters. The van der Waals surface area contributed by atoms with E-state index in [9.17, 15) is 9.59 Å². The Morgan fingerprint density at radius 3 is 2.88 bits per heavy atom. The first-order chi connectivity index (χ1) is 7.59. The summed E-state index contributed by atoms with van der Waals surface area (Å²) in [6, 6.07) is -0.544. The number of halogens is 1. The predicted octanol–water partition coefficient (Wildman–Crippen LogP) is 0.336. The Hall–Kier alpha value is -1.56. The molecule has 1 rings (SSSR count). The van der Waals surface area contributed by atoms with E-state index in [1.54, 1.807) is 18.7 Å². The first-order valence-corrected chi connectivity index (χ1v) is 5.21. The first kappa shape index (κ1) is 12.5. The summed E-state index contributed by atoms with van der Waals surface area (Å²) in [4.78, 5) is 26.0. The number of carbonyl (C=O) groups excluding carboxylic acids is 2. The summed E-state index contributed by atoms with van der Waals surface area (Å²) in [5.74, 6) is -0.512. The third-order valence-electron chi connectivity index (χ3n) is 1.81. The molecule has 0 aliphatic rings. The SMILES string of the molecule is CC(Cl)C(=O)NC(=O)NCCn1ccnc1. The molecule has 0 spiro atoms. The zero-order valence-electron chi connectivity index (χ0n) is 8.81. The van der Waals surface area contributed by atoms with E-state index in [1.165, 1.54) is 6.92 Å². The molecule has 1 atom stereocenters. The first-order valence-electron chi connectivity index (χ1n) is 4.78. The van der Waals surface area contributed by atoms with Gasteiger partial charge in [0.25, 0.3) is 0 Å². The molecule has 88 valence electrons. The molecule has 0 fully saturated rings. The maximum absolute atomic E-state index is 11.2. The fourth-order valence-electron chi connectivity index (χ4n) is 0.973. The highest BCUT2D eigenvalue weighted by molar-refractivity contribution is 6.31. The van der Waals surface area contributed by atoms with Crippen LogP contribution in [-0.4, -0.2) is 33.4 Å². The minimum atomic E-state index is -0.723. The number of carbonyl (C=O) groups is 2. The number of imide groups is 1. The van der Waals surface area contributed by atoms with Crippen LogP contribution in [0.2, 0.25) is 0 Å². The Bertz CT molecular complexity index is 350. The molecule has 0 bridgehead atoms. The Morgan fingerprint density at radius 2 is 2.31 bits per heavy atom. The van der Waals surface area contributed by atoms with Crippen molar-refractivity contribution in [2.75, 3.05) is 6.54 Å². The van der Waals surface area contributed by atoms with Crippen LogP contribution in [-0.2, 0) is 11.3 Å². The summed E-state index contributed by atoms with van der Waals surface area (Å²) >= 11 is 5.48. The molecule has 1 heterocycles. The summed E-state index contributed by atoms with van der Waals surface area (Å²) in [6.07, 6.45) is 5.08. The summed E-state index contributed by atoms with van der Waals surface area (Å²) in [5.41, 5.74) is 0. The Balaban J connectivity index is 2.18. The van der Waals surface area contributed by atoms with Crippen molar-refractivity contribution in [2.45, 2.75) is 18.8 Å². The van der Waals surface area contributed by atoms with Crippen molar-refractivity contribution >= 4 is 23.5 Å². The molecular formula is C9H13ClN4O2. The molecule has 2 N–H and O–H groups in total. The second kappa shape index (κ2) is 6.12. The van der Waals surface area contributed by atoms with Crippen LogP contribution in [0.15, 0.2) is 18.7 Å². The lowest BCUT2D eigenvalue weighted by Crippen LogP contribution is -2.43. The van der Waals surface area contributed by atoms with Gasteiger partial charge in [0.05, 0.1) is 6.33 Å². The van der Waals surface area contributed by atoms with Gasteiger partial charge in [-0.15, -0.1) is 11.6 Å². The fraction of sp³-hybridized carbons (Fsp3) is 0.444. The van der Waals surface area contributed by atoms with E-state index >= 15 is 0 Å². The smallest absolute Gasteiger partial charge is 0.321 e. The summed E-state index contributed by atoms with van der Waals surface area (Å²) < 4.78 is 1.81. The summed E-state index contributed by atoms with van der Waals surface area (Å²) in [5, 5.41) is 3.92. The molecule has 0 aromatic carbocycles. The largest absolute Gasteiger partial charge is 0.336 e. The van der Waals surface area contributed by atoms with Gasteiger partial charge >= 0.3 is 6.03 Å². The molecule has 0 aliphatic carbocycles. The normalized spacial score (nSPS) is 11.9. The van der Waals surface area contributed by atoms with E-state index in [2.05, 4.69) is 15.6 Å². The minimum absolute atomic E-state index is 0.409. The van der Waals surface area contributed by atoms with Gasteiger partial charge in [0.15, 0.2) is 0 Å². The number of imidazole rings is 1. The topological polar surface area (TPSA) is 76.0 Å². The van der Waals surface area contributed by atoms with Crippen molar-refractivity contribution in [3.05, 3.63) is 18.7 Å². The summed E-state index contributed by atoms with van der Waals surface area (Å²) in [6.45, 7) is 2.50. The van der Waals surface area contributed by atoms with Gasteiger partial charge in [0, 0.05) is 25.5 Å². The predicted molar refractivity (Wildman–Crippen MR) is 59.1 cm³/mol. The van der Waals surface area contributed by atoms with E-state index in [4.69, 9.17) is 11.6 Å². The molecular weight excluding hydrogens is 232 g/mol. The van der Waals surface area contributed by atoms with Crippen molar-refractivity contribution in [3.8, 4) is 0 Å². The van der Waals surface area contributed by atoms with E-state index in [-0.39, 0.29) is 0 Å². The number of aromatic nitrogens is 2. The fourth-order valence-corrected chi connectivity index (χ4v) is 1.03. The number of amides is 3. The molecule has 16 heavy (non-hydrogen) atoms. The highest BCUT2D eigenvalue weighted by atomic mass is 35.5. The second-order valence-corrected chi connectivity index (χ2v) is 3.82. The van der Waals surface area contributed by atoms with Crippen molar-refractivity contribution in [1.82, 2.24) is 20.2 Å². The van der Waals surface area contributed by atoms with Crippen LogP contribution in [0, 0.1) is 0 Å². The average Bonchev–Trinajstić information content (AvgIpc) is 2.70. The second-order valence-electron chi connectivity index (χ2n) is 3.16. The number of nitrogens with zero attached hydrogens (tertiary/aromatic N) is 2. The molecule has 7 heteroatoms. The standard InChI is InChI=1S/C9H13ClN4O2/c1-7(10)8(15)13-9(16)12-3-5-14-4-2-11-6-14/h2,4,6-7H,3,5H2,1H3,(H2,12,13,15,16). The highest BCUT2D eigenvalue weighted by Gasteiger charge is 2.11. The number of nitrogens with one attached hydrogen (secondary N) is 2. The average molecular weight is 245 g/mol. The molecule has 0 aliphatic heterocycles. The number of rotatable bonds is 4. The lowest BCUT2D eigenvalue weighted by atomic mass is 10.4. The number of alkyl halides is 1. The molecule has 1 aromatic heterocycles. The van der Waals surface area contributed by atoms with Gasteiger partial charge in [0.2, 0.25) is 5.91 Å². The molecule has 1 aromatic rings. The van der Waals surface area contributed by atoms with Crippen molar-refractivity contribution in [2.24, 2.45) is 0 Å². The van der Waals surface area contributed by atoms with E-state index < -0.39 is 17.3 Å². The molecule has 0 radical (unpaired) electrons. The monoisotopic (exact) mass is 244 g/mol. The van der Waals surface area contributed by atoms with Crippen LogP contribution in [0.4, 0.5) is 4.79 Å². The molecule has 6 nitrogen and oxygen atoms in total. The van der Waals surface area contributed by atoms with Crippen molar-refractivity contribution in [1.29, 1.82) is 0 Å². The Morgan fingerprint density at radius 1 is 1.56 bits per heavy atom. The van der Waals surface area contributed by atoms with E-state index in [0.29, 0.717) is 13.1 Å². The lowest BCUT2D eigenvalue weighted by molar-refractivity contribution is -0.119. The maximum atomic E-state index is 11.2. The van der Waals surface area contributed by atoms with Gasteiger partial charge in [-0.05, 0) is 6.92 Å². The zero-order chi connectivity index (χ0) is 12.0.